The predicted molar refractivity (Wildman–Crippen MR) is 64.2 cm³/mol. The Kier molecular flexibility index (Phi) is 5.03. The second-order valence-electron chi connectivity index (χ2n) is 5.41. The number of piperidine rings is 1. The first-order chi connectivity index (χ1) is 7.07. The Balaban J connectivity index is 2.28. The Hall–Kier alpha value is -0.120. The summed E-state index contributed by atoms with van der Waals surface area (Å²) in [5, 5.41) is 3.27. The molecule has 0 radical (unpaired) electrons. The zero-order chi connectivity index (χ0) is 11.3. The first kappa shape index (κ1) is 12.9. The molecule has 0 aromatic carbocycles. The van der Waals surface area contributed by atoms with E-state index in [1.165, 1.54) is 32.5 Å². The van der Waals surface area contributed by atoms with E-state index in [9.17, 15) is 0 Å². The number of hydrogen-bond acceptors (Lipinski definition) is 3. The van der Waals surface area contributed by atoms with Crippen LogP contribution in [-0.2, 0) is 4.74 Å². The molecule has 0 bridgehead atoms. The highest BCUT2D eigenvalue weighted by Crippen LogP contribution is 2.20. The van der Waals surface area contributed by atoms with Crippen molar-refractivity contribution < 1.29 is 4.74 Å². The standard InChI is InChI=1S/C12H26N2O/c1-12(2,9-13-3)10-14-7-5-11(15-4)6-8-14/h11,13H,5-10H2,1-4H3. The molecule has 0 saturated carbocycles. The van der Waals surface area contributed by atoms with E-state index in [-0.39, 0.29) is 0 Å². The summed E-state index contributed by atoms with van der Waals surface area (Å²) < 4.78 is 5.38. The predicted octanol–water partition coefficient (Wildman–Crippen LogP) is 1.34. The first-order valence-electron chi connectivity index (χ1n) is 5.97. The van der Waals surface area contributed by atoms with E-state index in [4.69, 9.17) is 4.74 Å². The van der Waals surface area contributed by atoms with Crippen molar-refractivity contribution in [3.05, 3.63) is 0 Å². The van der Waals surface area contributed by atoms with Gasteiger partial charge in [-0.25, -0.2) is 0 Å². The average molecular weight is 214 g/mol. The van der Waals surface area contributed by atoms with Crippen molar-refractivity contribution in [1.29, 1.82) is 0 Å². The molecule has 0 aromatic heterocycles. The van der Waals surface area contributed by atoms with Crippen molar-refractivity contribution in [3.63, 3.8) is 0 Å². The second-order valence-corrected chi connectivity index (χ2v) is 5.41. The normalized spacial score (nSPS) is 20.8. The molecule has 0 aliphatic carbocycles. The van der Waals surface area contributed by atoms with Crippen LogP contribution in [0.4, 0.5) is 0 Å². The van der Waals surface area contributed by atoms with E-state index < -0.39 is 0 Å². The monoisotopic (exact) mass is 214 g/mol. The lowest BCUT2D eigenvalue weighted by Crippen LogP contribution is -2.44. The summed E-state index contributed by atoms with van der Waals surface area (Å²) in [6.45, 7) is 9.29. The van der Waals surface area contributed by atoms with Crippen LogP contribution in [-0.4, -0.2) is 51.3 Å². The quantitative estimate of drug-likeness (QED) is 0.747. The van der Waals surface area contributed by atoms with Gasteiger partial charge in [0.2, 0.25) is 0 Å². The van der Waals surface area contributed by atoms with Gasteiger partial charge in [-0.05, 0) is 25.3 Å². The molecule has 1 heterocycles. The molecular formula is C12H26N2O. The van der Waals surface area contributed by atoms with E-state index >= 15 is 0 Å². The van der Waals surface area contributed by atoms with Crippen molar-refractivity contribution in [2.75, 3.05) is 40.3 Å². The first-order valence-corrected chi connectivity index (χ1v) is 5.97. The summed E-state index contributed by atoms with van der Waals surface area (Å²) in [7, 11) is 3.85. The highest BCUT2D eigenvalue weighted by Gasteiger charge is 2.24. The maximum absolute atomic E-state index is 5.38. The van der Waals surface area contributed by atoms with Crippen molar-refractivity contribution in [2.24, 2.45) is 5.41 Å². The number of hydrogen-bond donors (Lipinski definition) is 1. The molecule has 1 N–H and O–H groups in total. The van der Waals surface area contributed by atoms with Crippen LogP contribution in [0.2, 0.25) is 0 Å². The summed E-state index contributed by atoms with van der Waals surface area (Å²) in [4.78, 5) is 2.56. The summed E-state index contributed by atoms with van der Waals surface area (Å²) in [5.74, 6) is 0. The van der Waals surface area contributed by atoms with Gasteiger partial charge in [-0.3, -0.25) is 0 Å². The lowest BCUT2D eigenvalue weighted by Gasteiger charge is -2.37. The molecular weight excluding hydrogens is 188 g/mol. The van der Waals surface area contributed by atoms with Gasteiger partial charge in [0, 0.05) is 33.3 Å². The van der Waals surface area contributed by atoms with Crippen molar-refractivity contribution in [3.8, 4) is 0 Å². The SMILES string of the molecule is CNCC(C)(C)CN1CCC(OC)CC1. The smallest absolute Gasteiger partial charge is 0.0595 e. The van der Waals surface area contributed by atoms with Gasteiger partial charge in [0.15, 0.2) is 0 Å². The van der Waals surface area contributed by atoms with E-state index in [1.807, 2.05) is 14.2 Å². The molecule has 3 nitrogen and oxygen atoms in total. The van der Waals surface area contributed by atoms with E-state index in [0.717, 1.165) is 6.54 Å². The van der Waals surface area contributed by atoms with E-state index in [2.05, 4.69) is 24.1 Å². The van der Waals surface area contributed by atoms with Crippen molar-refractivity contribution in [2.45, 2.75) is 32.8 Å². The van der Waals surface area contributed by atoms with Crippen LogP contribution in [0.25, 0.3) is 0 Å². The van der Waals surface area contributed by atoms with Gasteiger partial charge in [0.25, 0.3) is 0 Å². The molecule has 1 fully saturated rings. The average Bonchev–Trinajstić information content (AvgIpc) is 2.18. The third-order valence-electron chi connectivity index (χ3n) is 3.17. The highest BCUT2D eigenvalue weighted by molar-refractivity contribution is 4.79. The molecule has 0 aromatic rings. The number of nitrogens with one attached hydrogen (secondary N) is 1. The van der Waals surface area contributed by atoms with Crippen LogP contribution in [0.3, 0.4) is 0 Å². The molecule has 3 heteroatoms. The van der Waals surface area contributed by atoms with Gasteiger partial charge < -0.3 is 15.0 Å². The van der Waals surface area contributed by atoms with Crippen molar-refractivity contribution >= 4 is 0 Å². The number of ether oxygens (including phenoxy) is 1. The summed E-state index contributed by atoms with van der Waals surface area (Å²) in [6.07, 6.45) is 2.87. The number of nitrogens with zero attached hydrogens (tertiary/aromatic N) is 1. The maximum Gasteiger partial charge on any atom is 0.0595 e. The third-order valence-corrected chi connectivity index (χ3v) is 3.17. The van der Waals surface area contributed by atoms with Crippen LogP contribution < -0.4 is 5.32 Å². The van der Waals surface area contributed by atoms with E-state index in [1.54, 1.807) is 0 Å². The molecule has 15 heavy (non-hydrogen) atoms. The maximum atomic E-state index is 5.38. The topological polar surface area (TPSA) is 24.5 Å². The molecule has 0 unspecified atom stereocenters. The highest BCUT2D eigenvalue weighted by atomic mass is 16.5. The van der Waals surface area contributed by atoms with E-state index in [0.29, 0.717) is 11.5 Å². The molecule has 1 saturated heterocycles. The Bertz CT molecular complexity index is 174. The van der Waals surface area contributed by atoms with Gasteiger partial charge in [0.05, 0.1) is 6.10 Å². The zero-order valence-electron chi connectivity index (χ0n) is 10.7. The van der Waals surface area contributed by atoms with Crippen LogP contribution in [0.15, 0.2) is 0 Å². The lowest BCUT2D eigenvalue weighted by atomic mass is 9.91. The summed E-state index contributed by atoms with van der Waals surface area (Å²) in [6, 6.07) is 0. The molecule has 90 valence electrons. The number of rotatable bonds is 5. The molecule has 0 atom stereocenters. The van der Waals surface area contributed by atoms with Crippen LogP contribution in [0, 0.1) is 5.41 Å². The zero-order valence-corrected chi connectivity index (χ0v) is 10.7. The van der Waals surface area contributed by atoms with Gasteiger partial charge in [-0.2, -0.15) is 0 Å². The Morgan fingerprint density at radius 1 is 1.33 bits per heavy atom. The number of likely N-dealkylation sites (tertiary alicyclic amines) is 1. The Morgan fingerprint density at radius 3 is 2.40 bits per heavy atom. The summed E-state index contributed by atoms with van der Waals surface area (Å²) >= 11 is 0. The second kappa shape index (κ2) is 5.83. The van der Waals surface area contributed by atoms with Gasteiger partial charge in [-0.15, -0.1) is 0 Å². The van der Waals surface area contributed by atoms with Crippen molar-refractivity contribution in [1.82, 2.24) is 10.2 Å². The molecule has 1 rings (SSSR count). The third kappa shape index (κ3) is 4.49. The molecule has 1 aliphatic heterocycles. The molecule has 0 amide bonds. The number of methoxy groups -OCH3 is 1. The van der Waals surface area contributed by atoms with Gasteiger partial charge in [0.1, 0.15) is 0 Å². The van der Waals surface area contributed by atoms with Crippen LogP contribution >= 0.6 is 0 Å². The fourth-order valence-corrected chi connectivity index (χ4v) is 2.44. The summed E-state index contributed by atoms with van der Waals surface area (Å²) in [5.41, 5.74) is 0.370. The Labute approximate surface area is 94.2 Å². The van der Waals surface area contributed by atoms with Gasteiger partial charge in [-0.1, -0.05) is 13.8 Å². The molecule has 0 spiro atoms. The largest absolute Gasteiger partial charge is 0.381 e. The minimum Gasteiger partial charge on any atom is -0.381 e. The fraction of sp³-hybridized carbons (Fsp3) is 1.00. The Morgan fingerprint density at radius 2 is 1.93 bits per heavy atom. The lowest BCUT2D eigenvalue weighted by molar-refractivity contribution is 0.0302. The van der Waals surface area contributed by atoms with Gasteiger partial charge >= 0.3 is 0 Å². The fourth-order valence-electron chi connectivity index (χ4n) is 2.44. The minimum atomic E-state index is 0.370. The van der Waals surface area contributed by atoms with Crippen LogP contribution in [0.1, 0.15) is 26.7 Å². The van der Waals surface area contributed by atoms with Crippen LogP contribution in [0.5, 0.6) is 0 Å². The molecule has 1 aliphatic rings. The minimum absolute atomic E-state index is 0.370.